The average Bonchev–Trinajstić information content (AvgIpc) is 2.63. The first-order chi connectivity index (χ1) is 12.0. The summed E-state index contributed by atoms with van der Waals surface area (Å²) < 4.78 is 0. The second kappa shape index (κ2) is 19.1. The highest BCUT2D eigenvalue weighted by molar-refractivity contribution is 5.74. The van der Waals surface area contributed by atoms with Gasteiger partial charge in [-0.1, -0.05) is 73.6 Å². The molecular formula is C22H42N2O. The number of rotatable bonds is 10. The van der Waals surface area contributed by atoms with E-state index in [0.717, 1.165) is 18.7 Å². The van der Waals surface area contributed by atoms with Crippen LogP contribution in [-0.4, -0.2) is 15.8 Å². The lowest BCUT2D eigenvalue weighted by atomic mass is 9.99. The molecule has 3 heteroatoms. The predicted molar refractivity (Wildman–Crippen MR) is 110 cm³/mol. The number of unbranched alkanes of at least 4 members (excludes halogenated alkanes) is 3. The molecule has 0 N–H and O–H groups in total. The van der Waals surface area contributed by atoms with Crippen LogP contribution >= 0.6 is 0 Å². The average molecular weight is 351 g/mol. The molecule has 0 aliphatic heterocycles. The van der Waals surface area contributed by atoms with Crippen LogP contribution in [0.2, 0.25) is 0 Å². The highest BCUT2D eigenvalue weighted by Crippen LogP contribution is 2.13. The Hall–Kier alpha value is -1.25. The molecule has 0 aliphatic carbocycles. The normalized spacial score (nSPS) is 10.8. The van der Waals surface area contributed by atoms with E-state index in [0.29, 0.717) is 12.3 Å². The molecule has 1 heterocycles. The fourth-order valence-corrected chi connectivity index (χ4v) is 2.15. The minimum absolute atomic E-state index is 0.255. The monoisotopic (exact) mass is 350 g/mol. The van der Waals surface area contributed by atoms with Crippen molar-refractivity contribution >= 4 is 5.78 Å². The first kappa shape index (κ1) is 26.0. The summed E-state index contributed by atoms with van der Waals surface area (Å²) in [5.41, 5.74) is 1.28. The summed E-state index contributed by atoms with van der Waals surface area (Å²) in [7, 11) is 0. The molecule has 0 amide bonds. The van der Waals surface area contributed by atoms with Gasteiger partial charge in [0.15, 0.2) is 0 Å². The van der Waals surface area contributed by atoms with Crippen molar-refractivity contribution in [2.75, 3.05) is 0 Å². The van der Waals surface area contributed by atoms with Gasteiger partial charge in [0.25, 0.3) is 0 Å². The zero-order valence-corrected chi connectivity index (χ0v) is 17.9. The Kier molecular flexibility index (Phi) is 19.8. The number of Topliss-reactive ketones (excluding diaryl/α,β-unsaturated/α-hetero) is 1. The van der Waals surface area contributed by atoms with Crippen molar-refractivity contribution in [3.8, 4) is 0 Å². The highest BCUT2D eigenvalue weighted by Gasteiger charge is 2.05. The van der Waals surface area contributed by atoms with Crippen LogP contribution in [0.5, 0.6) is 0 Å². The van der Waals surface area contributed by atoms with Crippen molar-refractivity contribution in [2.45, 2.75) is 106 Å². The summed E-state index contributed by atoms with van der Waals surface area (Å²) in [6.07, 6.45) is 14.6. The standard InChI is InChI=1S/C16H28N2.C4H8O.C2H6/c1-4-6-8-9-14(3)11-16-17-12-15(13-18-16)10-7-5-2;1-3-4(2)5;1-2/h12-14H,4-11H2,1-3H3;3H2,1-2H3;1-2H3. The number of carbonyl (C=O) groups excluding carboxylic acids is 1. The Balaban J connectivity index is 0. The first-order valence-corrected chi connectivity index (χ1v) is 10.3. The lowest BCUT2D eigenvalue weighted by Gasteiger charge is -2.10. The van der Waals surface area contributed by atoms with E-state index in [-0.39, 0.29) is 5.78 Å². The van der Waals surface area contributed by atoms with Gasteiger partial charge in [-0.3, -0.25) is 0 Å². The van der Waals surface area contributed by atoms with Gasteiger partial charge in [-0.05, 0) is 31.2 Å². The molecule has 0 bridgehead atoms. The van der Waals surface area contributed by atoms with Gasteiger partial charge in [-0.15, -0.1) is 0 Å². The summed E-state index contributed by atoms with van der Waals surface area (Å²) in [4.78, 5) is 18.8. The van der Waals surface area contributed by atoms with E-state index in [2.05, 4.69) is 30.7 Å². The predicted octanol–water partition coefficient (Wildman–Crippen LogP) is 6.59. The molecular weight excluding hydrogens is 308 g/mol. The maximum absolute atomic E-state index is 9.81. The molecule has 1 atom stereocenters. The third kappa shape index (κ3) is 17.4. The van der Waals surface area contributed by atoms with E-state index >= 15 is 0 Å². The zero-order chi connectivity index (χ0) is 19.5. The van der Waals surface area contributed by atoms with Gasteiger partial charge in [0, 0.05) is 25.2 Å². The zero-order valence-electron chi connectivity index (χ0n) is 17.9. The number of nitrogens with zero attached hydrogens (tertiary/aromatic N) is 2. The number of hydrogen-bond donors (Lipinski definition) is 0. The Bertz CT molecular complexity index is 401. The van der Waals surface area contributed by atoms with Crippen LogP contribution in [0, 0.1) is 5.92 Å². The molecule has 1 unspecified atom stereocenters. The molecule has 1 rings (SSSR count). The summed E-state index contributed by atoms with van der Waals surface area (Å²) >= 11 is 0. The van der Waals surface area contributed by atoms with Gasteiger partial charge < -0.3 is 4.79 Å². The number of aryl methyl sites for hydroxylation is 1. The summed E-state index contributed by atoms with van der Waals surface area (Å²) in [5, 5.41) is 0. The molecule has 1 aromatic heterocycles. The number of aromatic nitrogens is 2. The lowest BCUT2D eigenvalue weighted by molar-refractivity contribution is -0.116. The number of carbonyl (C=O) groups is 1. The second-order valence-electron chi connectivity index (χ2n) is 6.47. The SMILES string of the molecule is CC.CCC(C)=O.CCCCCC(C)Cc1ncc(CCCC)cn1. The fraction of sp³-hybridized carbons (Fsp3) is 0.773. The quantitative estimate of drug-likeness (QED) is 0.447. The van der Waals surface area contributed by atoms with E-state index in [9.17, 15) is 4.79 Å². The van der Waals surface area contributed by atoms with E-state index in [1.807, 2.05) is 33.2 Å². The minimum Gasteiger partial charge on any atom is -0.300 e. The molecule has 1 aromatic rings. The highest BCUT2D eigenvalue weighted by atomic mass is 16.1. The van der Waals surface area contributed by atoms with Crippen molar-refractivity contribution in [3.63, 3.8) is 0 Å². The van der Waals surface area contributed by atoms with E-state index in [1.54, 1.807) is 6.92 Å². The maximum Gasteiger partial charge on any atom is 0.129 e. The van der Waals surface area contributed by atoms with Crippen LogP contribution in [0.4, 0.5) is 0 Å². The van der Waals surface area contributed by atoms with Crippen LogP contribution in [0.25, 0.3) is 0 Å². The van der Waals surface area contributed by atoms with Gasteiger partial charge >= 0.3 is 0 Å². The van der Waals surface area contributed by atoms with Crippen molar-refractivity contribution < 1.29 is 4.79 Å². The van der Waals surface area contributed by atoms with Crippen LogP contribution in [0.1, 0.15) is 105 Å². The Labute approximate surface area is 157 Å². The molecule has 146 valence electrons. The molecule has 3 nitrogen and oxygen atoms in total. The molecule has 0 saturated carbocycles. The van der Waals surface area contributed by atoms with E-state index in [1.165, 1.54) is 44.1 Å². The molecule has 25 heavy (non-hydrogen) atoms. The Morgan fingerprint density at radius 2 is 1.52 bits per heavy atom. The summed E-state index contributed by atoms with van der Waals surface area (Å²) in [6.45, 7) is 14.2. The topological polar surface area (TPSA) is 42.9 Å². The van der Waals surface area contributed by atoms with Gasteiger partial charge in [0.05, 0.1) is 0 Å². The molecule has 0 aromatic carbocycles. The fourth-order valence-electron chi connectivity index (χ4n) is 2.15. The maximum atomic E-state index is 9.81. The molecule has 0 spiro atoms. The van der Waals surface area contributed by atoms with Crippen molar-refractivity contribution in [1.82, 2.24) is 9.97 Å². The van der Waals surface area contributed by atoms with Crippen LogP contribution in [0.15, 0.2) is 12.4 Å². The van der Waals surface area contributed by atoms with E-state index < -0.39 is 0 Å². The third-order valence-corrected chi connectivity index (χ3v) is 3.91. The van der Waals surface area contributed by atoms with Crippen LogP contribution in [0.3, 0.4) is 0 Å². The van der Waals surface area contributed by atoms with Gasteiger partial charge in [-0.25, -0.2) is 9.97 Å². The molecule has 0 fully saturated rings. The van der Waals surface area contributed by atoms with Gasteiger partial charge in [0.1, 0.15) is 11.6 Å². The Morgan fingerprint density at radius 3 is 1.96 bits per heavy atom. The largest absolute Gasteiger partial charge is 0.300 e. The van der Waals surface area contributed by atoms with Gasteiger partial charge in [-0.2, -0.15) is 0 Å². The Morgan fingerprint density at radius 1 is 1.00 bits per heavy atom. The molecule has 0 aliphatic rings. The summed E-state index contributed by atoms with van der Waals surface area (Å²) in [5.74, 6) is 1.97. The van der Waals surface area contributed by atoms with Crippen molar-refractivity contribution in [1.29, 1.82) is 0 Å². The number of ketones is 1. The smallest absolute Gasteiger partial charge is 0.129 e. The molecule has 0 radical (unpaired) electrons. The second-order valence-corrected chi connectivity index (χ2v) is 6.47. The van der Waals surface area contributed by atoms with Crippen LogP contribution < -0.4 is 0 Å². The minimum atomic E-state index is 0.255. The molecule has 0 saturated heterocycles. The third-order valence-electron chi connectivity index (χ3n) is 3.91. The summed E-state index contributed by atoms with van der Waals surface area (Å²) in [6, 6.07) is 0. The number of hydrogen-bond acceptors (Lipinski definition) is 3. The van der Waals surface area contributed by atoms with E-state index in [4.69, 9.17) is 0 Å². The first-order valence-electron chi connectivity index (χ1n) is 10.3. The van der Waals surface area contributed by atoms with Crippen molar-refractivity contribution in [2.24, 2.45) is 5.92 Å². The van der Waals surface area contributed by atoms with Gasteiger partial charge in [0.2, 0.25) is 0 Å². The van der Waals surface area contributed by atoms with Crippen LogP contribution in [-0.2, 0) is 17.6 Å². The lowest BCUT2D eigenvalue weighted by Crippen LogP contribution is -2.04. The van der Waals surface area contributed by atoms with Crippen molar-refractivity contribution in [3.05, 3.63) is 23.8 Å².